The number of fused-ring (bicyclic) bond motifs is 2. The van der Waals surface area contributed by atoms with Crippen molar-refractivity contribution >= 4 is 27.5 Å². The lowest BCUT2D eigenvalue weighted by atomic mass is 9.71. The van der Waals surface area contributed by atoms with Crippen LogP contribution in [0, 0.1) is 22.7 Å². The number of aryl methyl sites for hydroxylation is 1. The van der Waals surface area contributed by atoms with Crippen LogP contribution in [0.15, 0.2) is 42.5 Å². The summed E-state index contributed by atoms with van der Waals surface area (Å²) in [5.41, 5.74) is 9.05. The fourth-order valence-electron chi connectivity index (χ4n) is 3.76. The number of carbonyl (C=O) groups is 1. The summed E-state index contributed by atoms with van der Waals surface area (Å²) >= 11 is 1.47. The molecule has 0 aliphatic heterocycles. The Morgan fingerprint density at radius 1 is 1.29 bits per heavy atom. The van der Waals surface area contributed by atoms with Crippen molar-refractivity contribution in [2.75, 3.05) is 13.1 Å². The highest BCUT2D eigenvalue weighted by molar-refractivity contribution is 7.20. The molecule has 0 bridgehead atoms. The summed E-state index contributed by atoms with van der Waals surface area (Å²) in [5, 5.41) is 12.2. The Labute approximate surface area is 188 Å². The van der Waals surface area contributed by atoms with Gasteiger partial charge in [0.2, 0.25) is 0 Å². The number of nitriles is 1. The van der Waals surface area contributed by atoms with Crippen LogP contribution in [-0.4, -0.2) is 24.0 Å². The van der Waals surface area contributed by atoms with Gasteiger partial charge in [-0.15, -0.1) is 11.3 Å². The molecule has 162 valence electrons. The number of benzene rings is 1. The van der Waals surface area contributed by atoms with Gasteiger partial charge in [0.05, 0.1) is 16.5 Å². The summed E-state index contributed by atoms with van der Waals surface area (Å²) in [6.45, 7) is 7.92. The van der Waals surface area contributed by atoms with Gasteiger partial charge in [0.15, 0.2) is 0 Å². The summed E-state index contributed by atoms with van der Waals surface area (Å²) in [7, 11) is 0. The summed E-state index contributed by atoms with van der Waals surface area (Å²) in [4.78, 5) is 18.6. The van der Waals surface area contributed by atoms with E-state index in [-0.39, 0.29) is 5.91 Å². The van der Waals surface area contributed by atoms with Crippen LogP contribution in [0.2, 0.25) is 0 Å². The molecule has 0 saturated heterocycles. The lowest BCUT2D eigenvalue weighted by molar-refractivity contribution is 0.0959. The standard InChI is InChI=1S/C18H25N3OS.C7H5N/c1-18(2,3)13-4-5-14-11(9-13)8-12-10-15(23-17(12)21-14)16(22)20-7-6-19;8-6-7-4-2-1-3-5-7/h8,10,13H,4-7,9,19H2,1-3H3,(H,20,22);1-5H. The predicted octanol–water partition coefficient (Wildman–Crippen LogP) is 4.69. The van der Waals surface area contributed by atoms with Crippen molar-refractivity contribution < 1.29 is 4.79 Å². The fraction of sp³-hybridized carbons (Fsp3) is 0.400. The third-order valence-corrected chi connectivity index (χ3v) is 6.70. The zero-order valence-electron chi connectivity index (χ0n) is 18.4. The average Bonchev–Trinajstić information content (AvgIpc) is 3.18. The molecule has 0 fully saturated rings. The molecule has 1 unspecified atom stereocenters. The zero-order valence-corrected chi connectivity index (χ0v) is 19.3. The lowest BCUT2D eigenvalue weighted by Gasteiger charge is -2.34. The summed E-state index contributed by atoms with van der Waals surface area (Å²) in [6.07, 6.45) is 3.33. The normalized spacial score (nSPS) is 15.4. The van der Waals surface area contributed by atoms with Crippen molar-refractivity contribution in [1.29, 1.82) is 5.26 Å². The molecule has 0 spiro atoms. The summed E-state index contributed by atoms with van der Waals surface area (Å²) < 4.78 is 0. The van der Waals surface area contributed by atoms with E-state index in [0.717, 1.165) is 27.9 Å². The maximum absolute atomic E-state index is 12.1. The van der Waals surface area contributed by atoms with E-state index in [2.05, 4.69) is 32.2 Å². The van der Waals surface area contributed by atoms with Gasteiger partial charge in [-0.3, -0.25) is 4.79 Å². The number of hydrogen-bond acceptors (Lipinski definition) is 5. The van der Waals surface area contributed by atoms with Crippen molar-refractivity contribution in [3.05, 3.63) is 64.2 Å². The Kier molecular flexibility index (Phi) is 7.42. The first-order chi connectivity index (χ1) is 14.8. The number of thiophene rings is 1. The number of pyridine rings is 1. The summed E-state index contributed by atoms with van der Waals surface area (Å²) in [6, 6.07) is 15.4. The molecule has 4 rings (SSSR count). The highest BCUT2D eigenvalue weighted by Gasteiger charge is 2.29. The van der Waals surface area contributed by atoms with E-state index >= 15 is 0 Å². The van der Waals surface area contributed by atoms with Gasteiger partial charge < -0.3 is 11.1 Å². The van der Waals surface area contributed by atoms with Gasteiger partial charge in [-0.2, -0.15) is 5.26 Å². The number of nitrogens with zero attached hydrogens (tertiary/aromatic N) is 2. The molecule has 5 nitrogen and oxygen atoms in total. The van der Waals surface area contributed by atoms with Gasteiger partial charge in [0.1, 0.15) is 4.83 Å². The van der Waals surface area contributed by atoms with Gasteiger partial charge in [-0.05, 0) is 60.4 Å². The molecule has 31 heavy (non-hydrogen) atoms. The molecule has 1 amide bonds. The molecule has 1 atom stereocenters. The average molecular weight is 435 g/mol. The van der Waals surface area contributed by atoms with E-state index in [9.17, 15) is 4.79 Å². The highest BCUT2D eigenvalue weighted by atomic mass is 32.1. The minimum absolute atomic E-state index is 0.0519. The third-order valence-electron chi connectivity index (χ3n) is 5.65. The Morgan fingerprint density at radius 3 is 2.65 bits per heavy atom. The fourth-order valence-corrected chi connectivity index (χ4v) is 4.71. The second kappa shape index (κ2) is 10.0. The van der Waals surface area contributed by atoms with Crippen LogP contribution in [0.25, 0.3) is 10.2 Å². The van der Waals surface area contributed by atoms with Crippen LogP contribution in [0.5, 0.6) is 0 Å². The first-order valence-corrected chi connectivity index (χ1v) is 11.5. The highest BCUT2D eigenvalue weighted by Crippen LogP contribution is 2.38. The van der Waals surface area contributed by atoms with Crippen molar-refractivity contribution in [3.63, 3.8) is 0 Å². The zero-order chi connectivity index (χ0) is 22.4. The van der Waals surface area contributed by atoms with E-state index in [4.69, 9.17) is 16.0 Å². The second-order valence-corrected chi connectivity index (χ2v) is 9.96. The number of nitrogens with one attached hydrogen (secondary N) is 1. The van der Waals surface area contributed by atoms with Crippen molar-refractivity contribution in [3.8, 4) is 6.07 Å². The Morgan fingerprint density at radius 2 is 2.03 bits per heavy atom. The molecule has 2 aromatic heterocycles. The predicted molar refractivity (Wildman–Crippen MR) is 127 cm³/mol. The molecule has 0 radical (unpaired) electrons. The Balaban J connectivity index is 0.000000287. The number of rotatable bonds is 3. The molecular formula is C25H30N4OS. The number of nitrogens with two attached hydrogens (primary N) is 1. The van der Waals surface area contributed by atoms with Crippen molar-refractivity contribution in [1.82, 2.24) is 10.3 Å². The molecule has 2 heterocycles. The van der Waals surface area contributed by atoms with Crippen molar-refractivity contribution in [2.24, 2.45) is 17.1 Å². The van der Waals surface area contributed by atoms with Crippen molar-refractivity contribution in [2.45, 2.75) is 40.0 Å². The van der Waals surface area contributed by atoms with E-state index in [0.29, 0.717) is 30.0 Å². The van der Waals surface area contributed by atoms with E-state index in [1.807, 2.05) is 30.3 Å². The maximum Gasteiger partial charge on any atom is 0.261 e. The third kappa shape index (κ3) is 5.90. The SMILES string of the molecule is CC(C)(C)C1CCc2nc3sc(C(=O)NCCN)cc3cc2C1.N#Cc1ccccc1. The molecule has 0 saturated carbocycles. The van der Waals surface area contributed by atoms with Crippen LogP contribution >= 0.6 is 11.3 Å². The van der Waals surface area contributed by atoms with Crippen LogP contribution in [-0.2, 0) is 12.8 Å². The minimum Gasteiger partial charge on any atom is -0.350 e. The molecule has 3 aromatic rings. The quantitative estimate of drug-likeness (QED) is 0.625. The largest absolute Gasteiger partial charge is 0.350 e. The first kappa shape index (κ1) is 22.9. The molecule has 6 heteroatoms. The Hall–Kier alpha value is -2.75. The van der Waals surface area contributed by atoms with Crippen LogP contribution < -0.4 is 11.1 Å². The Bertz CT molecular complexity index is 1080. The number of carbonyl (C=O) groups excluding carboxylic acids is 1. The summed E-state index contributed by atoms with van der Waals surface area (Å²) in [5.74, 6) is 0.643. The second-order valence-electron chi connectivity index (χ2n) is 8.93. The molecule has 3 N–H and O–H groups in total. The monoisotopic (exact) mass is 434 g/mol. The van der Waals surface area contributed by atoms with E-state index < -0.39 is 0 Å². The smallest absolute Gasteiger partial charge is 0.261 e. The van der Waals surface area contributed by atoms with Gasteiger partial charge in [-0.25, -0.2) is 4.98 Å². The van der Waals surface area contributed by atoms with Gasteiger partial charge in [-0.1, -0.05) is 39.0 Å². The number of hydrogen-bond donors (Lipinski definition) is 2. The van der Waals surface area contributed by atoms with Crippen LogP contribution in [0.3, 0.4) is 0 Å². The number of aromatic nitrogens is 1. The first-order valence-electron chi connectivity index (χ1n) is 10.7. The lowest BCUT2D eigenvalue weighted by Crippen LogP contribution is -2.28. The maximum atomic E-state index is 12.1. The van der Waals surface area contributed by atoms with Gasteiger partial charge in [0, 0.05) is 24.2 Å². The molecule has 1 aliphatic carbocycles. The topological polar surface area (TPSA) is 91.8 Å². The molecule has 1 aliphatic rings. The molecule has 1 aromatic carbocycles. The van der Waals surface area contributed by atoms with Crippen LogP contribution in [0.4, 0.5) is 0 Å². The van der Waals surface area contributed by atoms with E-state index in [1.165, 1.54) is 29.0 Å². The number of amides is 1. The van der Waals surface area contributed by atoms with Gasteiger partial charge in [0.25, 0.3) is 5.91 Å². The van der Waals surface area contributed by atoms with Gasteiger partial charge >= 0.3 is 0 Å². The minimum atomic E-state index is -0.0519. The molecular weight excluding hydrogens is 404 g/mol. The van der Waals surface area contributed by atoms with E-state index in [1.54, 1.807) is 12.1 Å². The van der Waals surface area contributed by atoms with Crippen LogP contribution in [0.1, 0.15) is 53.7 Å².